The molecule has 3 aliphatic rings. The summed E-state index contributed by atoms with van der Waals surface area (Å²) < 4.78 is 0. The summed E-state index contributed by atoms with van der Waals surface area (Å²) in [6, 6.07) is 4.49. The quantitative estimate of drug-likeness (QED) is 0.688. The fourth-order valence-electron chi connectivity index (χ4n) is 4.85. The smallest absolute Gasteiger partial charge is 0.225 e. The van der Waals surface area contributed by atoms with E-state index in [4.69, 9.17) is 0 Å². The molecule has 5 rings (SSSR count). The molecule has 0 bridgehead atoms. The highest BCUT2D eigenvalue weighted by atomic mass is 16.2. The summed E-state index contributed by atoms with van der Waals surface area (Å²) in [4.78, 5) is 37.2. The number of anilines is 3. The number of carbonyl (C=O) groups excluding carboxylic acids is 1. The lowest BCUT2D eigenvalue weighted by molar-refractivity contribution is -0.131. The molecule has 4 heterocycles. The van der Waals surface area contributed by atoms with Crippen molar-refractivity contribution in [3.8, 4) is 0 Å². The first kappa shape index (κ1) is 21.9. The minimum atomic E-state index is 0.279. The molecule has 3 fully saturated rings. The lowest BCUT2D eigenvalue weighted by atomic mass is 9.93. The molecule has 2 aliphatic heterocycles. The molecule has 176 valence electrons. The Morgan fingerprint density at radius 1 is 0.939 bits per heavy atom. The predicted octanol–water partition coefficient (Wildman–Crippen LogP) is 2.58. The summed E-state index contributed by atoms with van der Waals surface area (Å²) in [6.07, 6.45) is 12.5. The van der Waals surface area contributed by atoms with Gasteiger partial charge in [-0.2, -0.15) is 0 Å². The monoisotopic (exact) mass is 450 g/mol. The lowest BCUT2D eigenvalue weighted by Crippen LogP contribution is -2.38. The molecule has 9 nitrogen and oxygen atoms in total. The highest BCUT2D eigenvalue weighted by Gasteiger charge is 2.25. The Hall–Kier alpha value is -2.97. The molecule has 2 aromatic heterocycles. The first-order valence-electron chi connectivity index (χ1n) is 12.4. The predicted molar refractivity (Wildman–Crippen MR) is 128 cm³/mol. The van der Waals surface area contributed by atoms with Gasteiger partial charge >= 0.3 is 0 Å². The van der Waals surface area contributed by atoms with Gasteiger partial charge in [-0.15, -0.1) is 0 Å². The number of hydrogen-bond acceptors (Lipinski definition) is 8. The second-order valence-electron chi connectivity index (χ2n) is 9.44. The van der Waals surface area contributed by atoms with Crippen LogP contribution in [0.4, 0.5) is 17.6 Å². The van der Waals surface area contributed by atoms with Gasteiger partial charge in [-0.1, -0.05) is 0 Å². The molecule has 1 atom stereocenters. The van der Waals surface area contributed by atoms with Crippen LogP contribution in [0.15, 0.2) is 30.9 Å². The van der Waals surface area contributed by atoms with Gasteiger partial charge in [0.05, 0.1) is 0 Å². The van der Waals surface area contributed by atoms with E-state index in [0.29, 0.717) is 18.4 Å². The zero-order chi connectivity index (χ0) is 22.5. The summed E-state index contributed by atoms with van der Waals surface area (Å²) in [7, 11) is 0. The Balaban J connectivity index is 1.10. The standard InChI is InChI=1S/C24H34N8O/c33-23(30-12-3-13-31(15-14-30)24-25-9-2-10-26-24)8-5-19-4-1-11-32(17-19)22-16-21(27-18-28-22)29-20-6-7-20/h2,9-10,16,18-20H,1,3-8,11-15,17H2,(H,27,28,29)/t19-/m1/s1. The molecule has 1 amide bonds. The number of hydrogen-bond donors (Lipinski definition) is 1. The molecule has 2 aromatic rings. The molecule has 2 saturated heterocycles. The van der Waals surface area contributed by atoms with Gasteiger partial charge in [0.15, 0.2) is 0 Å². The number of piperidine rings is 1. The zero-order valence-corrected chi connectivity index (χ0v) is 19.3. The van der Waals surface area contributed by atoms with Crippen LogP contribution in [-0.4, -0.2) is 76.1 Å². The van der Waals surface area contributed by atoms with Crippen molar-refractivity contribution in [3.05, 3.63) is 30.9 Å². The molecule has 33 heavy (non-hydrogen) atoms. The summed E-state index contributed by atoms with van der Waals surface area (Å²) in [6.45, 7) is 5.22. The van der Waals surface area contributed by atoms with Crippen molar-refractivity contribution in [1.82, 2.24) is 24.8 Å². The van der Waals surface area contributed by atoms with Gasteiger partial charge in [-0.25, -0.2) is 19.9 Å². The minimum Gasteiger partial charge on any atom is -0.367 e. The number of amides is 1. The lowest BCUT2D eigenvalue weighted by Gasteiger charge is -2.34. The first-order valence-corrected chi connectivity index (χ1v) is 12.4. The maximum Gasteiger partial charge on any atom is 0.225 e. The minimum absolute atomic E-state index is 0.279. The number of aromatic nitrogens is 4. The van der Waals surface area contributed by atoms with Crippen LogP contribution >= 0.6 is 0 Å². The van der Waals surface area contributed by atoms with Gasteiger partial charge < -0.3 is 20.0 Å². The Morgan fingerprint density at radius 3 is 2.64 bits per heavy atom. The van der Waals surface area contributed by atoms with E-state index in [1.165, 1.54) is 19.3 Å². The van der Waals surface area contributed by atoms with Crippen molar-refractivity contribution < 1.29 is 4.79 Å². The third-order valence-corrected chi connectivity index (χ3v) is 6.88. The van der Waals surface area contributed by atoms with Crippen LogP contribution in [0.3, 0.4) is 0 Å². The third kappa shape index (κ3) is 5.89. The van der Waals surface area contributed by atoms with Crippen molar-refractivity contribution in [2.24, 2.45) is 5.92 Å². The van der Waals surface area contributed by atoms with Gasteiger partial charge in [0.1, 0.15) is 18.0 Å². The fourth-order valence-corrected chi connectivity index (χ4v) is 4.85. The van der Waals surface area contributed by atoms with E-state index in [9.17, 15) is 4.79 Å². The summed E-state index contributed by atoms with van der Waals surface area (Å²) in [5.74, 6) is 3.49. The van der Waals surface area contributed by atoms with Crippen molar-refractivity contribution in [2.75, 3.05) is 54.4 Å². The van der Waals surface area contributed by atoms with E-state index < -0.39 is 0 Å². The Kier molecular flexibility index (Phi) is 6.83. The highest BCUT2D eigenvalue weighted by molar-refractivity contribution is 5.76. The van der Waals surface area contributed by atoms with Crippen LogP contribution in [0.25, 0.3) is 0 Å². The molecular formula is C24H34N8O. The number of nitrogens with zero attached hydrogens (tertiary/aromatic N) is 7. The highest BCUT2D eigenvalue weighted by Crippen LogP contribution is 2.28. The zero-order valence-electron chi connectivity index (χ0n) is 19.3. The molecule has 1 aliphatic carbocycles. The summed E-state index contributed by atoms with van der Waals surface area (Å²) in [5.41, 5.74) is 0. The average molecular weight is 451 g/mol. The normalized spacial score (nSPS) is 21.6. The van der Waals surface area contributed by atoms with Gasteiger partial charge in [-0.05, 0) is 50.5 Å². The molecule has 1 saturated carbocycles. The van der Waals surface area contributed by atoms with E-state index in [0.717, 1.165) is 76.1 Å². The molecule has 0 unspecified atom stereocenters. The van der Waals surface area contributed by atoms with Crippen molar-refractivity contribution in [2.45, 2.75) is 51.0 Å². The second-order valence-corrected chi connectivity index (χ2v) is 9.44. The van der Waals surface area contributed by atoms with E-state index in [-0.39, 0.29) is 5.91 Å². The summed E-state index contributed by atoms with van der Waals surface area (Å²) >= 11 is 0. The average Bonchev–Trinajstić information content (AvgIpc) is 3.70. The Labute approximate surface area is 195 Å². The van der Waals surface area contributed by atoms with E-state index in [1.807, 2.05) is 11.0 Å². The van der Waals surface area contributed by atoms with Gasteiger partial charge in [0, 0.05) is 70.2 Å². The number of carbonyl (C=O) groups is 1. The molecule has 9 heteroatoms. The Bertz CT molecular complexity index is 922. The van der Waals surface area contributed by atoms with Crippen molar-refractivity contribution in [3.63, 3.8) is 0 Å². The summed E-state index contributed by atoms with van der Waals surface area (Å²) in [5, 5.41) is 3.46. The van der Waals surface area contributed by atoms with E-state index in [1.54, 1.807) is 18.7 Å². The van der Waals surface area contributed by atoms with Crippen LogP contribution in [0.2, 0.25) is 0 Å². The van der Waals surface area contributed by atoms with Gasteiger partial charge in [-0.3, -0.25) is 4.79 Å². The number of rotatable bonds is 7. The fraction of sp³-hybridized carbons (Fsp3) is 0.625. The molecule has 1 N–H and O–H groups in total. The largest absolute Gasteiger partial charge is 0.367 e. The Morgan fingerprint density at radius 2 is 1.79 bits per heavy atom. The van der Waals surface area contributed by atoms with Crippen LogP contribution in [0, 0.1) is 5.92 Å². The SMILES string of the molecule is O=C(CC[C@H]1CCCN(c2cc(NC3CC3)ncn2)C1)N1CCCN(c2ncccn2)CC1. The first-order chi connectivity index (χ1) is 16.2. The van der Waals surface area contributed by atoms with Gasteiger partial charge in [0.2, 0.25) is 11.9 Å². The topological polar surface area (TPSA) is 90.4 Å². The molecule has 0 spiro atoms. The third-order valence-electron chi connectivity index (χ3n) is 6.88. The maximum atomic E-state index is 13.0. The van der Waals surface area contributed by atoms with E-state index in [2.05, 4.69) is 41.1 Å². The van der Waals surface area contributed by atoms with Crippen LogP contribution in [0.5, 0.6) is 0 Å². The number of nitrogens with one attached hydrogen (secondary N) is 1. The van der Waals surface area contributed by atoms with Crippen LogP contribution in [0.1, 0.15) is 44.9 Å². The van der Waals surface area contributed by atoms with Crippen LogP contribution in [-0.2, 0) is 4.79 Å². The van der Waals surface area contributed by atoms with Gasteiger partial charge in [0.25, 0.3) is 0 Å². The molecular weight excluding hydrogens is 416 g/mol. The van der Waals surface area contributed by atoms with E-state index >= 15 is 0 Å². The van der Waals surface area contributed by atoms with Crippen LogP contribution < -0.4 is 15.1 Å². The second kappa shape index (κ2) is 10.3. The molecule has 0 aromatic carbocycles. The van der Waals surface area contributed by atoms with Crippen molar-refractivity contribution in [1.29, 1.82) is 0 Å². The maximum absolute atomic E-state index is 13.0. The molecule has 0 radical (unpaired) electrons. The van der Waals surface area contributed by atoms with Crippen molar-refractivity contribution >= 4 is 23.5 Å².